The fourth-order valence-corrected chi connectivity index (χ4v) is 4.97. The smallest absolute Gasteiger partial charge is 0.240 e. The highest BCUT2D eigenvalue weighted by atomic mass is 32.2. The molecule has 0 aliphatic heterocycles. The Morgan fingerprint density at radius 1 is 1.21 bits per heavy atom. The number of hydrogen-bond donors (Lipinski definition) is 1. The van der Waals surface area contributed by atoms with Gasteiger partial charge in [-0.25, -0.2) is 18.1 Å². The number of aromatic nitrogens is 2. The summed E-state index contributed by atoms with van der Waals surface area (Å²) < 4.78 is 29.6. The number of imidazole rings is 1. The summed E-state index contributed by atoms with van der Waals surface area (Å²) in [5, 5.41) is 1.98. The minimum absolute atomic E-state index is 0.351. The molecule has 24 heavy (non-hydrogen) atoms. The van der Waals surface area contributed by atoms with Crippen molar-refractivity contribution in [1.29, 1.82) is 0 Å². The molecule has 0 fully saturated rings. The number of fused-ring (bicyclic) bond motifs is 2. The van der Waals surface area contributed by atoms with Gasteiger partial charge in [0.1, 0.15) is 0 Å². The zero-order chi connectivity index (χ0) is 16.6. The zero-order valence-electron chi connectivity index (χ0n) is 13.2. The number of rotatable bonds is 5. The maximum Gasteiger partial charge on any atom is 0.240 e. The lowest BCUT2D eigenvalue weighted by Gasteiger charge is -2.16. The predicted octanol–water partition coefficient (Wildman–Crippen LogP) is 2.80. The summed E-state index contributed by atoms with van der Waals surface area (Å²) in [6.45, 7) is 0.351. The minimum atomic E-state index is -3.46. The first-order valence-electron chi connectivity index (χ1n) is 8.14. The van der Waals surface area contributed by atoms with E-state index in [4.69, 9.17) is 0 Å². The zero-order valence-corrected chi connectivity index (χ0v) is 14.9. The second kappa shape index (κ2) is 6.31. The monoisotopic (exact) mass is 361 g/mol. The first-order valence-corrected chi connectivity index (χ1v) is 10.5. The second-order valence-electron chi connectivity index (χ2n) is 6.11. The van der Waals surface area contributed by atoms with Gasteiger partial charge in [0.25, 0.3) is 0 Å². The Balaban J connectivity index is 1.44. The molecule has 0 bridgehead atoms. The Morgan fingerprint density at radius 2 is 2.04 bits per heavy atom. The van der Waals surface area contributed by atoms with E-state index in [-0.39, 0.29) is 0 Å². The maximum atomic E-state index is 12.5. The molecule has 5 nitrogen and oxygen atoms in total. The molecule has 1 N–H and O–H groups in total. The Morgan fingerprint density at radius 3 is 2.88 bits per heavy atom. The van der Waals surface area contributed by atoms with Crippen molar-refractivity contribution in [1.82, 2.24) is 14.1 Å². The lowest BCUT2D eigenvalue weighted by Crippen LogP contribution is -2.26. The molecule has 0 amide bonds. The van der Waals surface area contributed by atoms with Gasteiger partial charge in [-0.3, -0.25) is 4.40 Å². The van der Waals surface area contributed by atoms with Gasteiger partial charge in [0, 0.05) is 30.7 Å². The van der Waals surface area contributed by atoms with Crippen LogP contribution in [0.1, 0.15) is 29.7 Å². The van der Waals surface area contributed by atoms with E-state index in [1.165, 1.54) is 17.5 Å². The molecular formula is C17H19N3O2S2. The molecule has 7 heteroatoms. The first kappa shape index (κ1) is 15.8. The van der Waals surface area contributed by atoms with Crippen LogP contribution in [0.15, 0.2) is 40.9 Å². The molecule has 0 saturated carbocycles. The molecule has 4 rings (SSSR count). The van der Waals surface area contributed by atoms with Gasteiger partial charge in [-0.2, -0.15) is 0 Å². The van der Waals surface area contributed by atoms with E-state index in [2.05, 4.69) is 9.71 Å². The van der Waals surface area contributed by atoms with E-state index < -0.39 is 10.0 Å². The van der Waals surface area contributed by atoms with Crippen LogP contribution in [-0.2, 0) is 29.3 Å². The van der Waals surface area contributed by atoms with E-state index >= 15 is 0 Å². The highest BCUT2D eigenvalue weighted by molar-refractivity contribution is 7.89. The molecule has 0 unspecified atom stereocenters. The third-order valence-electron chi connectivity index (χ3n) is 4.45. The van der Waals surface area contributed by atoms with Crippen molar-refractivity contribution >= 4 is 26.3 Å². The average Bonchev–Trinajstić information content (AvgIpc) is 3.16. The number of nitrogens with zero attached hydrogens (tertiary/aromatic N) is 2. The van der Waals surface area contributed by atoms with Crippen LogP contribution in [0, 0.1) is 0 Å². The fourth-order valence-electron chi connectivity index (χ4n) is 3.17. The van der Waals surface area contributed by atoms with Crippen LogP contribution in [0.4, 0.5) is 0 Å². The van der Waals surface area contributed by atoms with Gasteiger partial charge in [0.05, 0.1) is 10.6 Å². The number of sulfonamides is 1. The van der Waals surface area contributed by atoms with Crippen LogP contribution in [0.3, 0.4) is 0 Å². The van der Waals surface area contributed by atoms with Crippen molar-refractivity contribution in [3.05, 3.63) is 52.8 Å². The number of thiazole rings is 1. The van der Waals surface area contributed by atoms with Crippen LogP contribution in [0.25, 0.3) is 4.96 Å². The van der Waals surface area contributed by atoms with E-state index in [9.17, 15) is 8.42 Å². The molecule has 0 saturated heterocycles. The van der Waals surface area contributed by atoms with Crippen molar-refractivity contribution in [2.24, 2.45) is 0 Å². The lowest BCUT2D eigenvalue weighted by molar-refractivity contribution is 0.580. The number of aryl methyl sites for hydroxylation is 2. The standard InChI is InChI=1S/C17H19N3O2S2/c21-24(22,16-6-5-13-3-1-2-4-14(13)11-16)18-8-7-15-12-20-9-10-23-17(20)19-15/h5-6,9-12,18H,1-4,7-8H2. The van der Waals surface area contributed by atoms with E-state index in [0.29, 0.717) is 17.9 Å². The first-order chi connectivity index (χ1) is 11.6. The van der Waals surface area contributed by atoms with E-state index in [1.807, 2.05) is 34.3 Å². The third kappa shape index (κ3) is 3.11. The topological polar surface area (TPSA) is 63.5 Å². The van der Waals surface area contributed by atoms with Crippen LogP contribution in [0.2, 0.25) is 0 Å². The number of benzene rings is 1. The van der Waals surface area contributed by atoms with Gasteiger partial charge in [0.15, 0.2) is 4.96 Å². The van der Waals surface area contributed by atoms with Crippen molar-refractivity contribution in [3.8, 4) is 0 Å². The summed E-state index contributed by atoms with van der Waals surface area (Å²) in [6.07, 6.45) is 8.84. The minimum Gasteiger partial charge on any atom is -0.297 e. The molecule has 1 aliphatic rings. The molecule has 3 aromatic rings. The molecule has 0 radical (unpaired) electrons. The Bertz CT molecular complexity index is 944. The highest BCUT2D eigenvalue weighted by Gasteiger charge is 2.17. The summed E-state index contributed by atoms with van der Waals surface area (Å²) in [6, 6.07) is 5.52. The maximum absolute atomic E-state index is 12.5. The molecule has 126 valence electrons. The normalized spacial score (nSPS) is 14.8. The second-order valence-corrected chi connectivity index (χ2v) is 8.75. The van der Waals surface area contributed by atoms with Crippen molar-refractivity contribution in [3.63, 3.8) is 0 Å². The molecule has 0 spiro atoms. The summed E-state index contributed by atoms with van der Waals surface area (Å²) in [5.74, 6) is 0. The van der Waals surface area contributed by atoms with Crippen LogP contribution in [0.5, 0.6) is 0 Å². The van der Waals surface area contributed by atoms with Gasteiger partial charge in [-0.15, -0.1) is 11.3 Å². The van der Waals surface area contributed by atoms with Crippen molar-refractivity contribution in [2.75, 3.05) is 6.54 Å². The highest BCUT2D eigenvalue weighted by Crippen LogP contribution is 2.24. The Labute approximate surface area is 145 Å². The van der Waals surface area contributed by atoms with Gasteiger partial charge in [-0.05, 0) is 48.9 Å². The quantitative estimate of drug-likeness (QED) is 0.760. The molecule has 2 aromatic heterocycles. The summed E-state index contributed by atoms with van der Waals surface area (Å²) in [4.78, 5) is 5.77. The van der Waals surface area contributed by atoms with Gasteiger partial charge < -0.3 is 0 Å². The third-order valence-corrected chi connectivity index (χ3v) is 6.68. The van der Waals surface area contributed by atoms with Gasteiger partial charge in [0.2, 0.25) is 10.0 Å². The lowest BCUT2D eigenvalue weighted by atomic mass is 9.92. The van der Waals surface area contributed by atoms with Crippen LogP contribution < -0.4 is 4.72 Å². The molecular weight excluding hydrogens is 342 g/mol. The largest absolute Gasteiger partial charge is 0.297 e. The summed E-state index contributed by atoms with van der Waals surface area (Å²) >= 11 is 1.57. The number of hydrogen-bond acceptors (Lipinski definition) is 4. The van der Waals surface area contributed by atoms with Crippen LogP contribution in [-0.4, -0.2) is 24.3 Å². The SMILES string of the molecule is O=S(=O)(NCCc1cn2ccsc2n1)c1ccc2c(c1)CCCC2. The van der Waals surface area contributed by atoms with Gasteiger partial charge in [-0.1, -0.05) is 6.07 Å². The predicted molar refractivity (Wildman–Crippen MR) is 95.0 cm³/mol. The van der Waals surface area contributed by atoms with E-state index in [1.54, 1.807) is 17.4 Å². The fraction of sp³-hybridized carbons (Fsp3) is 0.353. The average molecular weight is 361 g/mol. The van der Waals surface area contributed by atoms with Gasteiger partial charge >= 0.3 is 0 Å². The van der Waals surface area contributed by atoms with Crippen molar-refractivity contribution < 1.29 is 8.42 Å². The molecule has 1 aliphatic carbocycles. The van der Waals surface area contributed by atoms with Crippen molar-refractivity contribution in [2.45, 2.75) is 37.0 Å². The molecule has 2 heterocycles. The number of nitrogens with one attached hydrogen (secondary N) is 1. The van der Waals surface area contributed by atoms with Crippen LogP contribution >= 0.6 is 11.3 Å². The summed E-state index contributed by atoms with van der Waals surface area (Å²) in [5.41, 5.74) is 3.37. The Hall–Kier alpha value is -1.70. The molecule has 0 atom stereocenters. The van der Waals surface area contributed by atoms with E-state index in [0.717, 1.165) is 29.9 Å². The Kier molecular flexibility index (Phi) is 4.15. The molecule has 1 aromatic carbocycles. The summed E-state index contributed by atoms with van der Waals surface area (Å²) in [7, 11) is -3.46.